The minimum absolute atomic E-state index is 0.0402. The number of hydrogen-bond acceptors (Lipinski definition) is 4. The Balaban J connectivity index is 2.09. The Morgan fingerprint density at radius 2 is 2.05 bits per heavy atom. The molecule has 1 heterocycles. The van der Waals surface area contributed by atoms with Gasteiger partial charge in [0.2, 0.25) is 0 Å². The van der Waals surface area contributed by atoms with Crippen LogP contribution < -0.4 is 5.32 Å². The van der Waals surface area contributed by atoms with E-state index < -0.39 is 21.8 Å². The van der Waals surface area contributed by atoms with Gasteiger partial charge in [0.05, 0.1) is 11.5 Å². The van der Waals surface area contributed by atoms with Crippen LogP contribution in [0.4, 0.5) is 0 Å². The van der Waals surface area contributed by atoms with E-state index in [-0.39, 0.29) is 17.1 Å². The summed E-state index contributed by atoms with van der Waals surface area (Å²) in [5.74, 6) is -0.520. The van der Waals surface area contributed by atoms with Gasteiger partial charge in [-0.15, -0.1) is 0 Å². The molecular formula is C14H13BrN2O3S. The predicted octanol–water partition coefficient (Wildman–Crippen LogP) is 1.66. The Hall–Kier alpha value is -1.65. The van der Waals surface area contributed by atoms with Crippen molar-refractivity contribution in [3.63, 3.8) is 0 Å². The molecule has 110 valence electrons. The first-order valence-electron chi connectivity index (χ1n) is 6.28. The van der Waals surface area contributed by atoms with Crippen LogP contribution in [0.5, 0.6) is 0 Å². The van der Waals surface area contributed by atoms with Gasteiger partial charge in [0.25, 0.3) is 5.91 Å². The van der Waals surface area contributed by atoms with Crippen molar-refractivity contribution < 1.29 is 13.2 Å². The summed E-state index contributed by atoms with van der Waals surface area (Å²) in [5, 5.41) is 11.7. The van der Waals surface area contributed by atoms with E-state index in [2.05, 4.69) is 21.2 Å². The van der Waals surface area contributed by atoms with Crippen LogP contribution in [-0.4, -0.2) is 31.9 Å². The second-order valence-electron chi connectivity index (χ2n) is 4.79. The van der Waals surface area contributed by atoms with Crippen molar-refractivity contribution in [3.8, 4) is 6.07 Å². The van der Waals surface area contributed by atoms with Crippen molar-refractivity contribution >= 4 is 37.8 Å². The van der Waals surface area contributed by atoms with Crippen molar-refractivity contribution in [2.24, 2.45) is 0 Å². The molecule has 0 bridgehead atoms. The first kappa shape index (κ1) is 15.7. The van der Waals surface area contributed by atoms with E-state index in [0.29, 0.717) is 6.42 Å². The van der Waals surface area contributed by atoms with Gasteiger partial charge in [-0.25, -0.2) is 8.42 Å². The molecule has 21 heavy (non-hydrogen) atoms. The number of hydrogen-bond donors (Lipinski definition) is 1. The smallest absolute Gasteiger partial charge is 0.262 e. The standard InChI is InChI=1S/C14H13BrN2O3S/c15-12-3-1-10(2-4-12)7-11(8-16)14(18)17-13-5-6-21(19,20)9-13/h1-4,7,13H,5-6,9H2,(H,17,18). The number of benzene rings is 1. The number of carbonyl (C=O) groups excluding carboxylic acids is 1. The highest BCUT2D eigenvalue weighted by Crippen LogP contribution is 2.15. The van der Waals surface area contributed by atoms with Crippen LogP contribution in [0.25, 0.3) is 6.08 Å². The number of halogens is 1. The third-order valence-corrected chi connectivity index (χ3v) is 5.41. The minimum atomic E-state index is -3.06. The van der Waals surface area contributed by atoms with E-state index in [1.807, 2.05) is 18.2 Å². The van der Waals surface area contributed by atoms with E-state index in [1.165, 1.54) is 6.08 Å². The number of sulfone groups is 1. The van der Waals surface area contributed by atoms with Gasteiger partial charge < -0.3 is 5.32 Å². The monoisotopic (exact) mass is 368 g/mol. The highest BCUT2D eigenvalue weighted by molar-refractivity contribution is 9.10. The van der Waals surface area contributed by atoms with Gasteiger partial charge in [-0.05, 0) is 30.2 Å². The number of rotatable bonds is 3. The number of nitrogens with one attached hydrogen (secondary N) is 1. The fourth-order valence-corrected chi connectivity index (χ4v) is 3.98. The molecule has 0 aliphatic carbocycles. The lowest BCUT2D eigenvalue weighted by Gasteiger charge is -2.09. The maximum Gasteiger partial charge on any atom is 0.262 e. The molecule has 1 aliphatic heterocycles. The molecule has 0 saturated carbocycles. The Labute approximate surface area is 131 Å². The van der Waals surface area contributed by atoms with Crippen LogP contribution in [0.3, 0.4) is 0 Å². The van der Waals surface area contributed by atoms with Crippen LogP contribution in [0, 0.1) is 11.3 Å². The van der Waals surface area contributed by atoms with Gasteiger partial charge in [0.15, 0.2) is 9.84 Å². The summed E-state index contributed by atoms with van der Waals surface area (Å²) in [6.07, 6.45) is 1.87. The molecule has 1 N–H and O–H groups in total. The molecule has 7 heteroatoms. The molecule has 1 unspecified atom stereocenters. The van der Waals surface area contributed by atoms with E-state index in [0.717, 1.165) is 10.0 Å². The van der Waals surface area contributed by atoms with Crippen molar-refractivity contribution in [2.45, 2.75) is 12.5 Å². The average molecular weight is 369 g/mol. The summed E-state index contributed by atoms with van der Waals surface area (Å²) in [7, 11) is -3.06. The second kappa shape index (κ2) is 6.41. The van der Waals surface area contributed by atoms with E-state index in [9.17, 15) is 13.2 Å². The van der Waals surface area contributed by atoms with Crippen LogP contribution in [-0.2, 0) is 14.6 Å². The number of carbonyl (C=O) groups is 1. The molecule has 2 rings (SSSR count). The van der Waals surface area contributed by atoms with Crippen molar-refractivity contribution in [3.05, 3.63) is 39.9 Å². The number of amides is 1. The predicted molar refractivity (Wildman–Crippen MR) is 82.9 cm³/mol. The Morgan fingerprint density at radius 1 is 1.38 bits per heavy atom. The molecule has 1 amide bonds. The zero-order valence-electron chi connectivity index (χ0n) is 11.0. The van der Waals surface area contributed by atoms with Gasteiger partial charge >= 0.3 is 0 Å². The maximum absolute atomic E-state index is 12.0. The number of nitrogens with zero attached hydrogens (tertiary/aromatic N) is 1. The summed E-state index contributed by atoms with van der Waals surface area (Å²) in [4.78, 5) is 12.0. The molecule has 0 aromatic heterocycles. The van der Waals surface area contributed by atoms with Crippen LogP contribution in [0.1, 0.15) is 12.0 Å². The van der Waals surface area contributed by atoms with Crippen molar-refractivity contribution in [1.82, 2.24) is 5.32 Å². The molecule has 1 aliphatic rings. The Bertz CT molecular complexity index is 718. The van der Waals surface area contributed by atoms with Crippen LogP contribution in [0.15, 0.2) is 34.3 Å². The normalized spacial score (nSPS) is 20.8. The fraction of sp³-hybridized carbons (Fsp3) is 0.286. The van der Waals surface area contributed by atoms with E-state index >= 15 is 0 Å². The third kappa shape index (κ3) is 4.41. The molecule has 1 atom stereocenters. The van der Waals surface area contributed by atoms with Crippen molar-refractivity contribution in [1.29, 1.82) is 5.26 Å². The molecule has 0 spiro atoms. The summed E-state index contributed by atoms with van der Waals surface area (Å²) in [6, 6.07) is 8.60. The van der Waals surface area contributed by atoms with Crippen molar-refractivity contribution in [2.75, 3.05) is 11.5 Å². The quantitative estimate of drug-likeness (QED) is 0.649. The molecule has 1 aromatic rings. The highest BCUT2D eigenvalue weighted by atomic mass is 79.9. The highest BCUT2D eigenvalue weighted by Gasteiger charge is 2.29. The topological polar surface area (TPSA) is 87.0 Å². The van der Waals surface area contributed by atoms with Crippen LogP contribution >= 0.6 is 15.9 Å². The first-order valence-corrected chi connectivity index (χ1v) is 8.90. The van der Waals surface area contributed by atoms with Gasteiger partial charge in [-0.2, -0.15) is 5.26 Å². The van der Waals surface area contributed by atoms with Gasteiger partial charge in [-0.1, -0.05) is 28.1 Å². The fourth-order valence-electron chi connectivity index (χ4n) is 2.05. The first-order chi connectivity index (χ1) is 9.89. The lowest BCUT2D eigenvalue weighted by Crippen LogP contribution is -2.36. The Kier molecular flexibility index (Phi) is 4.80. The van der Waals surface area contributed by atoms with Gasteiger partial charge in [0.1, 0.15) is 11.6 Å². The van der Waals surface area contributed by atoms with Gasteiger partial charge in [0, 0.05) is 10.5 Å². The molecule has 0 radical (unpaired) electrons. The van der Waals surface area contributed by atoms with Gasteiger partial charge in [-0.3, -0.25) is 4.79 Å². The third-order valence-electron chi connectivity index (χ3n) is 3.11. The largest absolute Gasteiger partial charge is 0.348 e. The zero-order valence-corrected chi connectivity index (χ0v) is 13.4. The molecular weight excluding hydrogens is 356 g/mol. The van der Waals surface area contributed by atoms with Crippen LogP contribution in [0.2, 0.25) is 0 Å². The summed E-state index contributed by atoms with van der Waals surface area (Å²) >= 11 is 3.30. The molecule has 1 aromatic carbocycles. The zero-order chi connectivity index (χ0) is 15.5. The Morgan fingerprint density at radius 3 is 2.57 bits per heavy atom. The average Bonchev–Trinajstić information content (AvgIpc) is 2.77. The summed E-state index contributed by atoms with van der Waals surface area (Å²) < 4.78 is 23.6. The van der Waals surface area contributed by atoms with E-state index in [1.54, 1.807) is 12.1 Å². The van der Waals surface area contributed by atoms with E-state index in [4.69, 9.17) is 5.26 Å². The lowest BCUT2D eigenvalue weighted by atomic mass is 10.1. The molecule has 1 saturated heterocycles. The minimum Gasteiger partial charge on any atom is -0.348 e. The number of nitriles is 1. The molecule has 5 nitrogen and oxygen atoms in total. The lowest BCUT2D eigenvalue weighted by molar-refractivity contribution is -0.117. The maximum atomic E-state index is 12.0. The summed E-state index contributed by atoms with van der Waals surface area (Å²) in [5.41, 5.74) is 0.686. The SMILES string of the molecule is N#CC(=Cc1ccc(Br)cc1)C(=O)NC1CCS(=O)(=O)C1. The summed E-state index contributed by atoms with van der Waals surface area (Å²) in [6.45, 7) is 0. The molecule has 1 fully saturated rings. The second-order valence-corrected chi connectivity index (χ2v) is 7.94.